The maximum atomic E-state index is 12.2. The summed E-state index contributed by atoms with van der Waals surface area (Å²) in [4.78, 5) is 0.849. The number of hydrogen-bond donors (Lipinski definition) is 2. The first-order valence-corrected chi connectivity index (χ1v) is 8.23. The zero-order valence-electron chi connectivity index (χ0n) is 10.2. The number of halogens is 1. The molecule has 1 aromatic heterocycles. The van der Waals surface area contributed by atoms with Crippen LogP contribution in [0.1, 0.15) is 10.4 Å². The minimum atomic E-state index is -3.62. The van der Waals surface area contributed by atoms with Gasteiger partial charge in [0, 0.05) is 16.4 Å². The van der Waals surface area contributed by atoms with E-state index in [4.69, 9.17) is 17.3 Å². The summed E-state index contributed by atoms with van der Waals surface area (Å²) in [6.45, 7) is 2.05. The largest absolute Gasteiger partial charge is 0.326 e. The van der Waals surface area contributed by atoms with E-state index in [0.29, 0.717) is 15.6 Å². The van der Waals surface area contributed by atoms with Crippen LogP contribution in [0.15, 0.2) is 34.5 Å². The molecule has 7 heteroatoms. The highest BCUT2D eigenvalue weighted by atomic mass is 35.5. The van der Waals surface area contributed by atoms with Gasteiger partial charge in [0.2, 0.25) is 0 Å². The Kier molecular flexibility index (Phi) is 4.15. The fourth-order valence-corrected chi connectivity index (χ4v) is 4.15. The second-order valence-electron chi connectivity index (χ2n) is 3.98. The van der Waals surface area contributed by atoms with Gasteiger partial charge in [-0.3, -0.25) is 4.72 Å². The SMILES string of the molecule is Cc1ccc(NS(=O)(=O)c2ccsc2CN)cc1Cl. The van der Waals surface area contributed by atoms with Gasteiger partial charge in [0.1, 0.15) is 4.90 Å². The molecular weight excluding hydrogens is 304 g/mol. The van der Waals surface area contributed by atoms with E-state index in [1.165, 1.54) is 11.3 Å². The Morgan fingerprint density at radius 3 is 2.74 bits per heavy atom. The van der Waals surface area contributed by atoms with E-state index in [0.717, 1.165) is 5.56 Å². The second-order valence-corrected chi connectivity index (χ2v) is 7.04. The zero-order valence-corrected chi connectivity index (χ0v) is 12.6. The Labute approximate surface area is 121 Å². The summed E-state index contributed by atoms with van der Waals surface area (Å²) >= 11 is 7.30. The third kappa shape index (κ3) is 3.09. The first kappa shape index (κ1) is 14.3. The summed E-state index contributed by atoms with van der Waals surface area (Å²) in [5.74, 6) is 0. The highest BCUT2D eigenvalue weighted by Crippen LogP contribution is 2.26. The molecule has 0 radical (unpaired) electrons. The average Bonchev–Trinajstić information content (AvgIpc) is 2.82. The molecule has 1 heterocycles. The van der Waals surface area contributed by atoms with E-state index in [-0.39, 0.29) is 11.4 Å². The lowest BCUT2D eigenvalue weighted by atomic mass is 10.2. The molecule has 3 N–H and O–H groups in total. The average molecular weight is 317 g/mol. The van der Waals surface area contributed by atoms with E-state index in [9.17, 15) is 8.42 Å². The van der Waals surface area contributed by atoms with Gasteiger partial charge in [-0.1, -0.05) is 17.7 Å². The number of sulfonamides is 1. The highest BCUT2D eigenvalue weighted by molar-refractivity contribution is 7.93. The molecule has 0 aliphatic carbocycles. The molecule has 19 heavy (non-hydrogen) atoms. The topological polar surface area (TPSA) is 72.2 Å². The van der Waals surface area contributed by atoms with Crippen molar-refractivity contribution in [3.8, 4) is 0 Å². The molecule has 0 saturated carbocycles. The summed E-state index contributed by atoms with van der Waals surface area (Å²) in [7, 11) is -3.62. The molecule has 0 fully saturated rings. The molecule has 4 nitrogen and oxygen atoms in total. The van der Waals surface area contributed by atoms with Gasteiger partial charge in [0.25, 0.3) is 10.0 Å². The van der Waals surface area contributed by atoms with Crippen LogP contribution in [0.5, 0.6) is 0 Å². The maximum absolute atomic E-state index is 12.2. The molecule has 2 aromatic rings. The van der Waals surface area contributed by atoms with Gasteiger partial charge in [0.15, 0.2) is 0 Å². The van der Waals surface area contributed by atoms with Crippen LogP contribution in [0.3, 0.4) is 0 Å². The van der Waals surface area contributed by atoms with Gasteiger partial charge < -0.3 is 5.73 Å². The van der Waals surface area contributed by atoms with E-state index >= 15 is 0 Å². The summed E-state index contributed by atoms with van der Waals surface area (Å²) in [6.07, 6.45) is 0. The van der Waals surface area contributed by atoms with Crippen LogP contribution in [0, 0.1) is 6.92 Å². The van der Waals surface area contributed by atoms with Crippen LogP contribution in [0.25, 0.3) is 0 Å². The van der Waals surface area contributed by atoms with Crippen molar-refractivity contribution in [2.75, 3.05) is 4.72 Å². The Balaban J connectivity index is 2.34. The molecule has 0 saturated heterocycles. The zero-order chi connectivity index (χ0) is 14.0. The number of rotatable bonds is 4. The monoisotopic (exact) mass is 316 g/mol. The fourth-order valence-electron chi connectivity index (χ4n) is 1.58. The van der Waals surface area contributed by atoms with Crippen LogP contribution in [0.2, 0.25) is 5.02 Å². The number of thiophene rings is 1. The van der Waals surface area contributed by atoms with Crippen molar-refractivity contribution in [3.05, 3.63) is 45.1 Å². The van der Waals surface area contributed by atoms with Crippen molar-refractivity contribution in [2.24, 2.45) is 5.73 Å². The van der Waals surface area contributed by atoms with Gasteiger partial charge in [0.05, 0.1) is 5.69 Å². The predicted octanol–water partition coefficient (Wildman–Crippen LogP) is 2.97. The van der Waals surface area contributed by atoms with Crippen LogP contribution in [-0.2, 0) is 16.6 Å². The summed E-state index contributed by atoms with van der Waals surface area (Å²) < 4.78 is 27.0. The number of anilines is 1. The van der Waals surface area contributed by atoms with E-state index in [1.807, 2.05) is 6.92 Å². The lowest BCUT2D eigenvalue weighted by Gasteiger charge is -2.09. The van der Waals surface area contributed by atoms with Crippen molar-refractivity contribution < 1.29 is 8.42 Å². The standard InChI is InChI=1S/C12H13ClN2O2S2/c1-8-2-3-9(6-10(8)13)15-19(16,17)12-4-5-18-11(12)7-14/h2-6,15H,7,14H2,1H3. The van der Waals surface area contributed by atoms with Crippen molar-refractivity contribution in [1.29, 1.82) is 0 Å². The highest BCUT2D eigenvalue weighted by Gasteiger charge is 2.19. The molecule has 1 aromatic carbocycles. The molecule has 0 amide bonds. The Hall–Kier alpha value is -1.08. The number of aryl methyl sites for hydroxylation is 1. The number of nitrogens with two attached hydrogens (primary N) is 1. The fraction of sp³-hybridized carbons (Fsp3) is 0.167. The number of nitrogens with one attached hydrogen (secondary N) is 1. The smallest absolute Gasteiger partial charge is 0.263 e. The number of benzene rings is 1. The third-order valence-electron chi connectivity index (χ3n) is 2.60. The lowest BCUT2D eigenvalue weighted by Crippen LogP contribution is -2.14. The van der Waals surface area contributed by atoms with Gasteiger partial charge in [-0.2, -0.15) is 0 Å². The molecule has 0 unspecified atom stereocenters. The third-order valence-corrected chi connectivity index (χ3v) is 5.55. The van der Waals surface area contributed by atoms with Crippen LogP contribution >= 0.6 is 22.9 Å². The summed E-state index contributed by atoms with van der Waals surface area (Å²) in [5, 5.41) is 2.23. The van der Waals surface area contributed by atoms with Crippen molar-refractivity contribution in [1.82, 2.24) is 0 Å². The Bertz CT molecular complexity index is 696. The summed E-state index contributed by atoms with van der Waals surface area (Å²) in [5.41, 5.74) is 6.85. The molecule has 0 bridgehead atoms. The molecule has 0 atom stereocenters. The van der Waals surface area contributed by atoms with E-state index in [1.54, 1.807) is 29.6 Å². The van der Waals surface area contributed by atoms with Crippen molar-refractivity contribution >= 4 is 38.6 Å². The Morgan fingerprint density at radius 2 is 2.11 bits per heavy atom. The molecule has 0 aliphatic heterocycles. The minimum Gasteiger partial charge on any atom is -0.326 e. The lowest BCUT2D eigenvalue weighted by molar-refractivity contribution is 0.600. The van der Waals surface area contributed by atoms with Crippen LogP contribution in [-0.4, -0.2) is 8.42 Å². The normalized spacial score (nSPS) is 11.5. The van der Waals surface area contributed by atoms with Crippen molar-refractivity contribution in [3.63, 3.8) is 0 Å². The molecule has 2 rings (SSSR count). The number of hydrogen-bond acceptors (Lipinski definition) is 4. The van der Waals surface area contributed by atoms with E-state index < -0.39 is 10.0 Å². The van der Waals surface area contributed by atoms with Gasteiger partial charge in [-0.05, 0) is 36.1 Å². The van der Waals surface area contributed by atoms with Gasteiger partial charge >= 0.3 is 0 Å². The summed E-state index contributed by atoms with van der Waals surface area (Å²) in [6, 6.07) is 6.57. The van der Waals surface area contributed by atoms with Crippen LogP contribution < -0.4 is 10.5 Å². The van der Waals surface area contributed by atoms with Crippen molar-refractivity contribution in [2.45, 2.75) is 18.4 Å². The van der Waals surface area contributed by atoms with Crippen LogP contribution in [0.4, 0.5) is 5.69 Å². The van der Waals surface area contributed by atoms with Gasteiger partial charge in [-0.15, -0.1) is 11.3 Å². The predicted molar refractivity (Wildman–Crippen MR) is 79.2 cm³/mol. The molecule has 0 aliphatic rings. The van der Waals surface area contributed by atoms with Gasteiger partial charge in [-0.25, -0.2) is 8.42 Å². The molecule has 0 spiro atoms. The molecule has 102 valence electrons. The molecular formula is C12H13ClN2O2S2. The maximum Gasteiger partial charge on any atom is 0.263 e. The Morgan fingerprint density at radius 1 is 1.37 bits per heavy atom. The minimum absolute atomic E-state index is 0.197. The quantitative estimate of drug-likeness (QED) is 0.911. The first-order chi connectivity index (χ1) is 8.94. The first-order valence-electron chi connectivity index (χ1n) is 5.49. The second kappa shape index (κ2) is 5.50. The van der Waals surface area contributed by atoms with E-state index in [2.05, 4.69) is 4.72 Å².